The maximum Gasteiger partial charge on any atom is 0.499 e. The van der Waals surface area contributed by atoms with Gasteiger partial charge in [0, 0.05) is 39.3 Å². The molecule has 1 N–H and O–H groups in total. The smallest absolute Gasteiger partial charge is 0.396 e. The van der Waals surface area contributed by atoms with Crippen LogP contribution in [0.1, 0.15) is 51.7 Å². The summed E-state index contributed by atoms with van der Waals surface area (Å²) in [5, 5.41) is 12.1. The van der Waals surface area contributed by atoms with Crippen molar-refractivity contribution in [1.29, 1.82) is 0 Å². The van der Waals surface area contributed by atoms with Crippen molar-refractivity contribution in [2.24, 2.45) is 20.0 Å². The number of aliphatic imine (C=N–C) groups is 2. The summed E-state index contributed by atoms with van der Waals surface area (Å²) in [6.07, 6.45) is 2.05. The van der Waals surface area contributed by atoms with Crippen LogP contribution >= 0.6 is 11.5 Å². The molecule has 0 atom stereocenters. The van der Waals surface area contributed by atoms with E-state index in [1.54, 1.807) is 6.92 Å². The first-order valence-corrected chi connectivity index (χ1v) is 15.1. The Hall–Kier alpha value is -4.78. The Morgan fingerprint density at radius 3 is 1.75 bits per heavy atom. The van der Waals surface area contributed by atoms with Crippen LogP contribution < -0.4 is 11.0 Å². The molecule has 0 saturated carbocycles. The van der Waals surface area contributed by atoms with Crippen molar-refractivity contribution in [3.8, 4) is 11.8 Å². The van der Waals surface area contributed by atoms with Crippen molar-refractivity contribution < 1.29 is 9.90 Å². The van der Waals surface area contributed by atoms with Gasteiger partial charge >= 0.3 is 6.40 Å². The predicted octanol–water partition coefficient (Wildman–Crippen LogP) is 5.97. The van der Waals surface area contributed by atoms with Crippen LogP contribution in [0.5, 0.6) is 0 Å². The highest BCUT2D eigenvalue weighted by Crippen LogP contribution is 2.41. The topological polar surface area (TPSA) is 96.6 Å². The van der Waals surface area contributed by atoms with Gasteiger partial charge in [-0.1, -0.05) is 106 Å². The molecule has 2 aromatic heterocycles. The molecule has 4 bridgehead atoms. The molecule has 8 rings (SSSR count). The van der Waals surface area contributed by atoms with Gasteiger partial charge in [-0.3, -0.25) is 4.79 Å². The van der Waals surface area contributed by atoms with Crippen LogP contribution in [0.2, 0.25) is 0 Å². The zero-order valence-corrected chi connectivity index (χ0v) is 25.9. The van der Waals surface area contributed by atoms with Crippen molar-refractivity contribution in [3.05, 3.63) is 94.9 Å². The average Bonchev–Trinajstić information content (AvgIpc) is 3.69. The molecule has 220 valence electrons. The molecule has 3 aliphatic rings. The predicted molar refractivity (Wildman–Crippen MR) is 180 cm³/mol. The highest BCUT2D eigenvalue weighted by atomic mass is 35.5. The lowest BCUT2D eigenvalue weighted by molar-refractivity contribution is -0.103. The fourth-order valence-corrected chi connectivity index (χ4v) is 5.59. The van der Waals surface area contributed by atoms with E-state index >= 15 is 0 Å². The Morgan fingerprint density at radius 2 is 1.27 bits per heavy atom. The van der Waals surface area contributed by atoms with Crippen LogP contribution in [0, 0.1) is 11.8 Å². The third kappa shape index (κ3) is 5.28. The molecule has 0 unspecified atom stereocenters. The summed E-state index contributed by atoms with van der Waals surface area (Å²) >= 11 is 7.19. The zero-order chi connectivity index (χ0) is 31.2. The second kappa shape index (κ2) is 13.7. The number of hydrogen-bond donors (Lipinski definition) is 1. The molecule has 3 aromatic carbocycles. The number of carbonyl (C=O) groups is 1. The van der Waals surface area contributed by atoms with E-state index in [2.05, 4.69) is 43.0 Å². The molecule has 8 nitrogen and oxygen atoms in total. The largest absolute Gasteiger partial charge is 0.499 e. The number of aldehydes is 1. The number of unbranched alkanes of at least 4 members (excludes halogenated alkanes) is 1. The number of carbonyl (C=O) groups excluding carboxylic acids is 1. The Morgan fingerprint density at radius 1 is 0.773 bits per heavy atom. The second-order valence-electron chi connectivity index (χ2n) is 9.67. The van der Waals surface area contributed by atoms with Crippen molar-refractivity contribution in [3.63, 3.8) is 0 Å². The molecule has 0 radical (unpaired) electrons. The summed E-state index contributed by atoms with van der Waals surface area (Å²) in [5.41, 5.74) is 3.50. The monoisotopic (exact) mass is 602 g/mol. The maximum atomic E-state index is 9.23. The first-order valence-electron chi connectivity index (χ1n) is 14.7. The van der Waals surface area contributed by atoms with Crippen LogP contribution in [-0.4, -0.2) is 45.0 Å². The van der Waals surface area contributed by atoms with E-state index in [1.165, 1.54) is 0 Å². The molecule has 44 heavy (non-hydrogen) atoms. The van der Waals surface area contributed by atoms with E-state index in [9.17, 15) is 4.79 Å². The van der Waals surface area contributed by atoms with Crippen LogP contribution in [0.3, 0.4) is 0 Å². The number of aliphatic hydroxyl groups is 1. The number of aromatic nitrogens is 2. The molecular weight excluding hydrogens is 571 g/mol. The van der Waals surface area contributed by atoms with Crippen LogP contribution in [-0.2, 0) is 4.79 Å². The lowest BCUT2D eigenvalue weighted by atomic mass is 10.1. The second-order valence-corrected chi connectivity index (χ2v) is 10.1. The number of fused-ring (bicyclic) bond motifs is 10. The lowest BCUT2D eigenvalue weighted by Crippen LogP contribution is -2.44. The molecule has 0 aliphatic carbocycles. The number of amidine groups is 2. The first kappa shape index (κ1) is 30.7. The first-order chi connectivity index (χ1) is 21.6. The minimum atomic E-state index is -0.559. The molecule has 5 heterocycles. The normalized spacial score (nSPS) is 12.6. The average molecular weight is 603 g/mol. The van der Waals surface area contributed by atoms with Crippen molar-refractivity contribution in [2.75, 3.05) is 6.61 Å². The van der Waals surface area contributed by atoms with Gasteiger partial charge in [-0.05, 0) is 19.3 Å². The number of aliphatic hydroxyl groups excluding tert-OH is 1. The Balaban J connectivity index is 0.000000278. The molecule has 0 amide bonds. The van der Waals surface area contributed by atoms with Crippen LogP contribution in [0.25, 0.3) is 21.5 Å². The third-order valence-corrected chi connectivity index (χ3v) is 7.52. The van der Waals surface area contributed by atoms with E-state index in [0.29, 0.717) is 24.6 Å². The standard InChI is InChI=1S/C24H12BClN6.C4H10O.C4H4O.C2H6/c26-25-31-21-15-9-3-5-11-17(15)23(31)30-24-18-12-6-4-10-16(18)22(32(24)25)29-20-14-8-2-1-7-13(14)19(27-20)28-21;2*1-2-3-4-5;1-2/h1-12H;5H,2-4H2,1H3;4H,1H3;1-2H3. The number of halogens is 1. The van der Waals surface area contributed by atoms with Gasteiger partial charge in [-0.15, -0.1) is 11.5 Å². The number of rotatable bonds is 2. The number of benzene rings is 3. The number of hydrogen-bond acceptors (Lipinski definition) is 6. The van der Waals surface area contributed by atoms with Gasteiger partial charge in [0.15, 0.2) is 18.0 Å². The maximum absolute atomic E-state index is 9.23. The van der Waals surface area contributed by atoms with Gasteiger partial charge in [0.1, 0.15) is 22.6 Å². The van der Waals surface area contributed by atoms with Crippen molar-refractivity contribution in [2.45, 2.75) is 40.5 Å². The van der Waals surface area contributed by atoms with E-state index in [-0.39, 0.29) is 0 Å². The molecule has 3 aliphatic heterocycles. The summed E-state index contributed by atoms with van der Waals surface area (Å²) in [6, 6.07) is 24.4. The van der Waals surface area contributed by atoms with Crippen molar-refractivity contribution >= 4 is 69.0 Å². The molecule has 10 heteroatoms. The van der Waals surface area contributed by atoms with Crippen LogP contribution in [0.15, 0.2) is 92.8 Å². The van der Waals surface area contributed by atoms with Gasteiger partial charge in [-0.2, -0.15) is 0 Å². The Kier molecular flexibility index (Phi) is 9.54. The summed E-state index contributed by atoms with van der Waals surface area (Å²) in [5.74, 6) is 7.42. The van der Waals surface area contributed by atoms with Gasteiger partial charge in [0.05, 0.1) is 0 Å². The highest BCUT2D eigenvalue weighted by Gasteiger charge is 2.35. The molecule has 0 saturated heterocycles. The Bertz CT molecular complexity index is 2110. The quantitative estimate of drug-likeness (QED) is 0.153. The third-order valence-electron chi connectivity index (χ3n) is 7.13. The number of nitrogens with zero attached hydrogens (tertiary/aromatic N) is 6. The van der Waals surface area contributed by atoms with E-state index < -0.39 is 6.40 Å². The Labute approximate surface area is 261 Å². The molecule has 0 spiro atoms. The minimum absolute atomic E-state index is 0.344. The fourth-order valence-electron chi connectivity index (χ4n) is 5.22. The summed E-state index contributed by atoms with van der Waals surface area (Å²) in [6.45, 7) is 8.02. The van der Waals surface area contributed by atoms with Gasteiger partial charge in [0.25, 0.3) is 0 Å². The minimum Gasteiger partial charge on any atom is -0.396 e. The van der Waals surface area contributed by atoms with Crippen LogP contribution in [0.4, 0.5) is 11.6 Å². The molecular formula is C34H32BClN6O2. The van der Waals surface area contributed by atoms with E-state index in [1.807, 2.05) is 71.3 Å². The molecule has 5 aromatic rings. The summed E-state index contributed by atoms with van der Waals surface area (Å²) in [7, 11) is 0. The van der Waals surface area contributed by atoms with E-state index in [4.69, 9.17) is 36.5 Å². The van der Waals surface area contributed by atoms with Gasteiger partial charge < -0.3 is 14.1 Å². The summed E-state index contributed by atoms with van der Waals surface area (Å²) < 4.78 is 3.98. The van der Waals surface area contributed by atoms with Gasteiger partial charge in [0.2, 0.25) is 0 Å². The lowest BCUT2D eigenvalue weighted by Gasteiger charge is -2.18. The fraction of sp³-hybridized carbons (Fsp3) is 0.206. The highest BCUT2D eigenvalue weighted by molar-refractivity contribution is 7.05. The summed E-state index contributed by atoms with van der Waals surface area (Å²) in [4.78, 5) is 29.3. The zero-order valence-electron chi connectivity index (χ0n) is 25.1. The van der Waals surface area contributed by atoms with Crippen molar-refractivity contribution in [1.82, 2.24) is 8.96 Å². The molecule has 0 fully saturated rings. The van der Waals surface area contributed by atoms with Gasteiger partial charge in [-0.25, -0.2) is 20.0 Å². The SMILES string of the molecule is CC.CC#CC=O.CCCCO.ClB1n2c3c4ccccc4c2N=c2c4ccccc4c(n21)=NC1=NC(=N3)c2ccccc21. The van der Waals surface area contributed by atoms with E-state index in [0.717, 1.165) is 68.1 Å².